The molecule has 3 rings (SSSR count). The van der Waals surface area contributed by atoms with Crippen LogP contribution in [0.3, 0.4) is 0 Å². The topological polar surface area (TPSA) is 71.9 Å². The van der Waals surface area contributed by atoms with Crippen molar-refractivity contribution in [1.29, 1.82) is 5.26 Å². The number of hydrogen-bond acceptors (Lipinski definition) is 3. The van der Waals surface area contributed by atoms with E-state index in [2.05, 4.69) is 78.6 Å². The lowest BCUT2D eigenvalue weighted by atomic mass is 10.1. The van der Waals surface area contributed by atoms with Gasteiger partial charge >= 0.3 is 0 Å². The highest BCUT2D eigenvalue weighted by Crippen LogP contribution is 2.19. The van der Waals surface area contributed by atoms with Crippen LogP contribution in [0.15, 0.2) is 60.8 Å². The Morgan fingerprint density at radius 1 is 0.972 bits per heavy atom. The fourth-order valence-electron chi connectivity index (χ4n) is 4.14. The van der Waals surface area contributed by atoms with Crippen molar-refractivity contribution < 1.29 is 4.79 Å². The minimum Gasteiger partial charge on any atom is -0.361 e. The largest absolute Gasteiger partial charge is 0.361 e. The smallest absolute Gasteiger partial charge is 0.256 e. The molecule has 0 bridgehead atoms. The van der Waals surface area contributed by atoms with E-state index in [-0.39, 0.29) is 0 Å². The summed E-state index contributed by atoms with van der Waals surface area (Å²) in [5, 5.41) is 11.8. The average Bonchev–Trinajstić information content (AvgIpc) is 3.31. The Balaban J connectivity index is 0.000000572. The van der Waals surface area contributed by atoms with Gasteiger partial charge in [-0.05, 0) is 48.2 Å². The normalized spacial score (nSPS) is 10.9. The zero-order valence-electron chi connectivity index (χ0n) is 22.2. The number of carbonyl (C=O) groups is 1. The number of para-hydroxylation sites is 1. The van der Waals surface area contributed by atoms with E-state index in [0.717, 1.165) is 38.0 Å². The minimum atomic E-state index is -0.414. The number of nitrogens with zero attached hydrogens (tertiary/aromatic N) is 2. The van der Waals surface area contributed by atoms with Crippen LogP contribution in [-0.2, 0) is 17.8 Å². The van der Waals surface area contributed by atoms with Crippen molar-refractivity contribution in [1.82, 2.24) is 15.2 Å². The molecule has 36 heavy (non-hydrogen) atoms. The average molecular weight is 487 g/mol. The standard InChI is InChI=1S/C24H26N4O.C7H16/c1-2-14-28(15-13-21-16-26-23-6-4-3-5-22(21)23)17-20-9-7-19(8-10-20)11-12-24(29)27-18-25;1-3-5-7-6-4-2/h3-12,16,26H,2,13-15,17H2,1H3,(H,27,29);3-7H2,1-2H3/b12-11+;. The highest BCUT2D eigenvalue weighted by molar-refractivity contribution is 5.92. The van der Waals surface area contributed by atoms with Gasteiger partial charge in [-0.25, -0.2) is 0 Å². The van der Waals surface area contributed by atoms with Crippen molar-refractivity contribution >= 4 is 22.9 Å². The molecule has 1 aromatic heterocycles. The number of aromatic amines is 1. The number of hydrogen-bond donors (Lipinski definition) is 2. The fraction of sp³-hybridized carbons (Fsp3) is 0.419. The highest BCUT2D eigenvalue weighted by Gasteiger charge is 2.08. The Hall–Kier alpha value is -3.36. The number of nitrogens with one attached hydrogen (secondary N) is 2. The molecule has 0 aliphatic heterocycles. The molecule has 2 N–H and O–H groups in total. The predicted molar refractivity (Wildman–Crippen MR) is 151 cm³/mol. The van der Waals surface area contributed by atoms with Crippen LogP contribution in [0.1, 0.15) is 76.0 Å². The Labute approximate surface area is 217 Å². The van der Waals surface area contributed by atoms with E-state index in [1.807, 2.05) is 12.1 Å². The highest BCUT2D eigenvalue weighted by atomic mass is 16.1. The number of benzene rings is 2. The third-order valence-electron chi connectivity index (χ3n) is 6.11. The maximum Gasteiger partial charge on any atom is 0.256 e. The minimum absolute atomic E-state index is 0.414. The summed E-state index contributed by atoms with van der Waals surface area (Å²) in [6, 6.07) is 16.6. The molecule has 192 valence electrons. The van der Waals surface area contributed by atoms with Gasteiger partial charge in [0.05, 0.1) is 0 Å². The second-order valence-corrected chi connectivity index (χ2v) is 9.12. The lowest BCUT2D eigenvalue weighted by Gasteiger charge is -2.21. The Kier molecular flexibility index (Phi) is 13.7. The zero-order chi connectivity index (χ0) is 26.0. The van der Waals surface area contributed by atoms with Crippen molar-refractivity contribution in [2.24, 2.45) is 0 Å². The molecular weight excluding hydrogens is 444 g/mol. The quantitative estimate of drug-likeness (QED) is 0.116. The molecule has 5 nitrogen and oxygen atoms in total. The number of aromatic nitrogens is 1. The summed E-state index contributed by atoms with van der Waals surface area (Å²) in [6.07, 6.45) is 15.9. The molecule has 2 aromatic carbocycles. The van der Waals surface area contributed by atoms with Crippen molar-refractivity contribution in [3.8, 4) is 6.19 Å². The number of H-pyrrole nitrogens is 1. The van der Waals surface area contributed by atoms with Crippen LogP contribution in [0.25, 0.3) is 17.0 Å². The molecule has 5 heteroatoms. The molecule has 0 spiro atoms. The lowest BCUT2D eigenvalue weighted by molar-refractivity contribution is -0.115. The number of carbonyl (C=O) groups excluding carboxylic acids is 1. The lowest BCUT2D eigenvalue weighted by Crippen LogP contribution is -2.26. The van der Waals surface area contributed by atoms with Gasteiger partial charge in [0, 0.05) is 36.3 Å². The van der Waals surface area contributed by atoms with E-state index < -0.39 is 5.91 Å². The van der Waals surface area contributed by atoms with E-state index in [1.54, 1.807) is 12.3 Å². The molecule has 1 amide bonds. The van der Waals surface area contributed by atoms with Crippen LogP contribution in [0, 0.1) is 11.5 Å². The van der Waals surface area contributed by atoms with Gasteiger partial charge < -0.3 is 4.98 Å². The van der Waals surface area contributed by atoms with Crippen molar-refractivity contribution in [3.63, 3.8) is 0 Å². The summed E-state index contributed by atoms with van der Waals surface area (Å²) in [4.78, 5) is 17.2. The molecule has 3 aromatic rings. The number of amides is 1. The third kappa shape index (κ3) is 10.5. The van der Waals surface area contributed by atoms with E-state index in [0.29, 0.717) is 0 Å². The second-order valence-electron chi connectivity index (χ2n) is 9.12. The summed E-state index contributed by atoms with van der Waals surface area (Å²) in [5.41, 5.74) is 4.73. The van der Waals surface area contributed by atoms with E-state index in [9.17, 15) is 4.79 Å². The van der Waals surface area contributed by atoms with E-state index in [1.165, 1.54) is 60.2 Å². The van der Waals surface area contributed by atoms with Gasteiger partial charge in [-0.1, -0.05) is 95.3 Å². The molecule has 0 aliphatic carbocycles. The first-order valence-corrected chi connectivity index (χ1v) is 13.3. The maximum atomic E-state index is 11.3. The van der Waals surface area contributed by atoms with Crippen molar-refractivity contribution in [2.45, 2.75) is 72.3 Å². The van der Waals surface area contributed by atoms with Crippen LogP contribution >= 0.6 is 0 Å². The van der Waals surface area contributed by atoms with Crippen LogP contribution < -0.4 is 5.32 Å². The van der Waals surface area contributed by atoms with E-state index in [4.69, 9.17) is 5.26 Å². The molecule has 0 unspecified atom stereocenters. The maximum absolute atomic E-state index is 11.3. The Morgan fingerprint density at radius 3 is 2.36 bits per heavy atom. The molecule has 0 fully saturated rings. The summed E-state index contributed by atoms with van der Waals surface area (Å²) in [6.45, 7) is 9.66. The van der Waals surface area contributed by atoms with Gasteiger partial charge in [0.15, 0.2) is 6.19 Å². The fourth-order valence-corrected chi connectivity index (χ4v) is 4.14. The van der Waals surface area contributed by atoms with Gasteiger partial charge in [-0.2, -0.15) is 5.26 Å². The molecule has 0 saturated carbocycles. The number of rotatable bonds is 13. The van der Waals surface area contributed by atoms with Gasteiger partial charge in [-0.15, -0.1) is 0 Å². The summed E-state index contributed by atoms with van der Waals surface area (Å²) in [5.74, 6) is -0.414. The van der Waals surface area contributed by atoms with Gasteiger partial charge in [0.25, 0.3) is 5.91 Å². The Morgan fingerprint density at radius 2 is 1.69 bits per heavy atom. The van der Waals surface area contributed by atoms with Gasteiger partial charge in [-0.3, -0.25) is 15.0 Å². The predicted octanol–water partition coefficient (Wildman–Crippen LogP) is 7.21. The number of unbranched alkanes of at least 4 members (excludes halogenated alkanes) is 4. The van der Waals surface area contributed by atoms with E-state index >= 15 is 0 Å². The van der Waals surface area contributed by atoms with Crippen LogP contribution in [-0.4, -0.2) is 28.9 Å². The first-order valence-electron chi connectivity index (χ1n) is 13.3. The summed E-state index contributed by atoms with van der Waals surface area (Å²) < 4.78 is 0. The first kappa shape index (κ1) is 28.9. The number of fused-ring (bicyclic) bond motifs is 1. The third-order valence-corrected chi connectivity index (χ3v) is 6.11. The Bertz CT molecular complexity index is 1090. The molecule has 0 radical (unpaired) electrons. The van der Waals surface area contributed by atoms with Crippen molar-refractivity contribution in [3.05, 3.63) is 77.5 Å². The SMILES string of the molecule is CCCCCCC.CCCN(CCc1c[nH]c2ccccc12)Cc1ccc(/C=C/C(=O)NC#N)cc1. The van der Waals surface area contributed by atoms with Gasteiger partial charge in [0.1, 0.15) is 0 Å². The second kappa shape index (κ2) is 17.1. The molecule has 0 saturated heterocycles. The molecule has 1 heterocycles. The number of nitriles is 1. The summed E-state index contributed by atoms with van der Waals surface area (Å²) >= 11 is 0. The molecule has 0 atom stereocenters. The molecule has 0 aliphatic rings. The molecular formula is C31H42N4O. The van der Waals surface area contributed by atoms with Crippen LogP contribution in [0.4, 0.5) is 0 Å². The van der Waals surface area contributed by atoms with Crippen molar-refractivity contribution in [2.75, 3.05) is 13.1 Å². The van der Waals surface area contributed by atoms with Crippen LogP contribution in [0.2, 0.25) is 0 Å². The monoisotopic (exact) mass is 486 g/mol. The zero-order valence-corrected chi connectivity index (χ0v) is 22.2. The van der Waals surface area contributed by atoms with Gasteiger partial charge in [0.2, 0.25) is 0 Å². The first-order chi connectivity index (χ1) is 17.6. The summed E-state index contributed by atoms with van der Waals surface area (Å²) in [7, 11) is 0. The van der Waals surface area contributed by atoms with Crippen LogP contribution in [0.5, 0.6) is 0 Å².